The summed E-state index contributed by atoms with van der Waals surface area (Å²) in [6, 6.07) is 15.5. The molecule has 1 aromatic heterocycles. The molecular formula is C21H22N2O3S. The van der Waals surface area contributed by atoms with Crippen LogP contribution in [0.1, 0.15) is 23.8 Å². The normalized spacial score (nSPS) is 17.1. The third kappa shape index (κ3) is 4.06. The molecule has 2 aromatic carbocycles. The van der Waals surface area contributed by atoms with Crippen LogP contribution in [0.25, 0.3) is 10.2 Å². The largest absolute Gasteiger partial charge is 0.497 e. The SMILES string of the molecule is COc1ccc(OCC(=O)N2CCC[C@H](c3nc4ccccc4s3)C2)cc1. The van der Waals surface area contributed by atoms with E-state index >= 15 is 0 Å². The molecule has 140 valence electrons. The molecule has 0 bridgehead atoms. The summed E-state index contributed by atoms with van der Waals surface area (Å²) in [5.74, 6) is 1.77. The number of amides is 1. The number of para-hydroxylation sites is 1. The number of rotatable bonds is 5. The fraction of sp³-hybridized carbons (Fsp3) is 0.333. The zero-order valence-corrected chi connectivity index (χ0v) is 16.1. The molecular weight excluding hydrogens is 360 g/mol. The lowest BCUT2D eigenvalue weighted by Crippen LogP contribution is -2.41. The zero-order valence-electron chi connectivity index (χ0n) is 15.3. The number of carbonyl (C=O) groups excluding carboxylic acids is 1. The van der Waals surface area contributed by atoms with Crippen molar-refractivity contribution < 1.29 is 14.3 Å². The summed E-state index contributed by atoms with van der Waals surface area (Å²) in [5.41, 5.74) is 1.05. The number of piperidine rings is 1. The zero-order chi connectivity index (χ0) is 18.6. The summed E-state index contributed by atoms with van der Waals surface area (Å²) in [6.07, 6.45) is 2.07. The van der Waals surface area contributed by atoms with Crippen LogP contribution in [0.5, 0.6) is 11.5 Å². The van der Waals surface area contributed by atoms with Crippen molar-refractivity contribution in [3.8, 4) is 11.5 Å². The molecule has 3 aromatic rings. The Morgan fingerprint density at radius 2 is 1.96 bits per heavy atom. The maximum atomic E-state index is 12.6. The van der Waals surface area contributed by atoms with E-state index in [4.69, 9.17) is 14.5 Å². The molecule has 27 heavy (non-hydrogen) atoms. The Labute approximate surface area is 162 Å². The van der Waals surface area contributed by atoms with Crippen LogP contribution in [0.3, 0.4) is 0 Å². The van der Waals surface area contributed by atoms with Crippen LogP contribution in [0.4, 0.5) is 0 Å². The number of hydrogen-bond acceptors (Lipinski definition) is 5. The van der Waals surface area contributed by atoms with E-state index in [0.29, 0.717) is 18.2 Å². The van der Waals surface area contributed by atoms with Gasteiger partial charge in [-0.3, -0.25) is 4.79 Å². The van der Waals surface area contributed by atoms with E-state index in [1.54, 1.807) is 18.4 Å². The first kappa shape index (κ1) is 17.8. The van der Waals surface area contributed by atoms with Gasteiger partial charge in [-0.1, -0.05) is 12.1 Å². The summed E-state index contributed by atoms with van der Waals surface area (Å²) < 4.78 is 12.0. The number of likely N-dealkylation sites (tertiary alicyclic amines) is 1. The smallest absolute Gasteiger partial charge is 0.260 e. The summed E-state index contributed by atoms with van der Waals surface area (Å²) in [4.78, 5) is 19.3. The number of aromatic nitrogens is 1. The van der Waals surface area contributed by atoms with Gasteiger partial charge in [0.15, 0.2) is 6.61 Å². The van der Waals surface area contributed by atoms with E-state index in [1.165, 1.54) is 4.70 Å². The lowest BCUT2D eigenvalue weighted by atomic mass is 9.99. The standard InChI is InChI=1S/C21H22N2O3S/c1-25-16-8-10-17(11-9-16)26-14-20(24)23-12-4-5-15(13-23)21-22-18-6-2-3-7-19(18)27-21/h2-3,6-11,15H,4-5,12-14H2,1H3/t15-/m0/s1. The Balaban J connectivity index is 1.37. The molecule has 1 aliphatic heterocycles. The van der Waals surface area contributed by atoms with Crippen molar-refractivity contribution in [1.82, 2.24) is 9.88 Å². The number of fused-ring (bicyclic) bond motifs is 1. The maximum absolute atomic E-state index is 12.6. The van der Waals surface area contributed by atoms with Crippen LogP contribution >= 0.6 is 11.3 Å². The van der Waals surface area contributed by atoms with Crippen LogP contribution in [-0.2, 0) is 4.79 Å². The first-order valence-corrected chi connectivity index (χ1v) is 9.94. The fourth-order valence-electron chi connectivity index (χ4n) is 3.38. The predicted octanol–water partition coefficient (Wildman–Crippen LogP) is 4.09. The molecule has 1 aliphatic rings. The second kappa shape index (κ2) is 7.96. The molecule has 0 N–H and O–H groups in total. The van der Waals surface area contributed by atoms with Crippen molar-refractivity contribution in [3.05, 3.63) is 53.5 Å². The van der Waals surface area contributed by atoms with E-state index in [1.807, 2.05) is 47.4 Å². The highest BCUT2D eigenvalue weighted by atomic mass is 32.1. The van der Waals surface area contributed by atoms with Gasteiger partial charge in [0, 0.05) is 19.0 Å². The molecule has 2 heterocycles. The number of ether oxygens (including phenoxy) is 2. The first-order chi connectivity index (χ1) is 13.2. The monoisotopic (exact) mass is 382 g/mol. The van der Waals surface area contributed by atoms with Gasteiger partial charge in [-0.15, -0.1) is 11.3 Å². The second-order valence-corrected chi connectivity index (χ2v) is 7.73. The third-order valence-electron chi connectivity index (χ3n) is 4.86. The number of hydrogen-bond donors (Lipinski definition) is 0. The molecule has 1 saturated heterocycles. The summed E-state index contributed by atoms with van der Waals surface area (Å²) >= 11 is 1.74. The second-order valence-electron chi connectivity index (χ2n) is 6.66. The maximum Gasteiger partial charge on any atom is 0.260 e. The van der Waals surface area contributed by atoms with E-state index in [2.05, 4.69) is 6.07 Å². The van der Waals surface area contributed by atoms with Crippen LogP contribution in [0, 0.1) is 0 Å². The number of carbonyl (C=O) groups is 1. The molecule has 0 saturated carbocycles. The third-order valence-corrected chi connectivity index (χ3v) is 6.05. The molecule has 0 radical (unpaired) electrons. The minimum Gasteiger partial charge on any atom is -0.497 e. The van der Waals surface area contributed by atoms with Gasteiger partial charge in [-0.2, -0.15) is 0 Å². The van der Waals surface area contributed by atoms with E-state index in [9.17, 15) is 4.79 Å². The van der Waals surface area contributed by atoms with Gasteiger partial charge in [-0.05, 0) is 49.2 Å². The van der Waals surface area contributed by atoms with Crippen molar-refractivity contribution in [2.24, 2.45) is 0 Å². The molecule has 0 unspecified atom stereocenters. The Morgan fingerprint density at radius 3 is 2.74 bits per heavy atom. The molecule has 0 spiro atoms. The number of methoxy groups -OCH3 is 1. The lowest BCUT2D eigenvalue weighted by Gasteiger charge is -2.31. The average Bonchev–Trinajstić information content (AvgIpc) is 3.17. The van der Waals surface area contributed by atoms with Gasteiger partial charge in [-0.25, -0.2) is 4.98 Å². The summed E-state index contributed by atoms with van der Waals surface area (Å²) in [6.45, 7) is 1.55. The molecule has 1 atom stereocenters. The molecule has 4 rings (SSSR count). The Bertz CT molecular complexity index is 890. The highest BCUT2D eigenvalue weighted by Crippen LogP contribution is 2.33. The lowest BCUT2D eigenvalue weighted by molar-refractivity contribution is -0.134. The van der Waals surface area contributed by atoms with Gasteiger partial charge >= 0.3 is 0 Å². The van der Waals surface area contributed by atoms with E-state index < -0.39 is 0 Å². The minimum absolute atomic E-state index is 0.0247. The predicted molar refractivity (Wildman–Crippen MR) is 107 cm³/mol. The number of thiazole rings is 1. The summed E-state index contributed by atoms with van der Waals surface area (Å²) in [7, 11) is 1.62. The van der Waals surface area contributed by atoms with E-state index in [-0.39, 0.29) is 12.5 Å². The van der Waals surface area contributed by atoms with Crippen LogP contribution < -0.4 is 9.47 Å². The van der Waals surface area contributed by atoms with Crippen LogP contribution in [-0.4, -0.2) is 42.6 Å². The molecule has 1 fully saturated rings. The highest BCUT2D eigenvalue weighted by Gasteiger charge is 2.27. The van der Waals surface area contributed by atoms with Gasteiger partial charge in [0.2, 0.25) is 0 Å². The van der Waals surface area contributed by atoms with Crippen molar-refractivity contribution >= 4 is 27.5 Å². The Morgan fingerprint density at radius 1 is 1.19 bits per heavy atom. The molecule has 0 aliphatic carbocycles. The first-order valence-electron chi connectivity index (χ1n) is 9.13. The molecule has 5 nitrogen and oxygen atoms in total. The van der Waals surface area contributed by atoms with Gasteiger partial charge in [0.25, 0.3) is 5.91 Å². The number of benzene rings is 2. The topological polar surface area (TPSA) is 51.7 Å². The summed E-state index contributed by atoms with van der Waals surface area (Å²) in [5, 5.41) is 1.13. The number of nitrogens with zero attached hydrogens (tertiary/aromatic N) is 2. The minimum atomic E-state index is 0.0247. The van der Waals surface area contributed by atoms with Crippen molar-refractivity contribution in [3.63, 3.8) is 0 Å². The fourth-order valence-corrected chi connectivity index (χ4v) is 4.47. The molecule has 1 amide bonds. The van der Waals surface area contributed by atoms with Gasteiger partial charge in [0.1, 0.15) is 11.5 Å². The van der Waals surface area contributed by atoms with Gasteiger partial charge < -0.3 is 14.4 Å². The van der Waals surface area contributed by atoms with Crippen molar-refractivity contribution in [2.75, 3.05) is 26.8 Å². The van der Waals surface area contributed by atoms with Crippen molar-refractivity contribution in [1.29, 1.82) is 0 Å². The average molecular weight is 382 g/mol. The highest BCUT2D eigenvalue weighted by molar-refractivity contribution is 7.18. The van der Waals surface area contributed by atoms with Crippen molar-refractivity contribution in [2.45, 2.75) is 18.8 Å². The van der Waals surface area contributed by atoms with Crippen LogP contribution in [0.2, 0.25) is 0 Å². The van der Waals surface area contributed by atoms with E-state index in [0.717, 1.165) is 35.7 Å². The van der Waals surface area contributed by atoms with Crippen LogP contribution in [0.15, 0.2) is 48.5 Å². The van der Waals surface area contributed by atoms with Gasteiger partial charge in [0.05, 0.1) is 22.3 Å². The quantitative estimate of drug-likeness (QED) is 0.667. The Hall–Kier alpha value is -2.60. The molecule has 6 heteroatoms. The Kier molecular flexibility index (Phi) is 5.25.